The first-order valence-corrected chi connectivity index (χ1v) is 3.56. The molecule has 0 aromatic heterocycles. The van der Waals surface area contributed by atoms with E-state index in [0.717, 1.165) is 6.42 Å². The largest absolute Gasteiger partial charge is 1.00 e. The van der Waals surface area contributed by atoms with Crippen LogP contribution in [0.4, 0.5) is 0 Å². The number of hydrogen-bond donors (Lipinski definition) is 0. The maximum atomic E-state index is 6.84. The van der Waals surface area contributed by atoms with Crippen LogP contribution in [-0.2, 0) is 0 Å². The molecule has 9 heavy (non-hydrogen) atoms. The maximum absolute atomic E-state index is 6.84. The molecular formula is C7H16LiN. The topological polar surface area (TPSA) is 23.8 Å². The molecule has 0 aromatic rings. The third-order valence-electron chi connectivity index (χ3n) is 1.28. The Bertz CT molecular complexity index is 33.9. The Morgan fingerprint density at radius 3 is 2.00 bits per heavy atom. The molecule has 1 N–H and O–H groups in total. The summed E-state index contributed by atoms with van der Waals surface area (Å²) in [4.78, 5) is 0. The van der Waals surface area contributed by atoms with E-state index in [2.05, 4.69) is 6.92 Å². The molecule has 0 radical (unpaired) electrons. The fourth-order valence-electron chi connectivity index (χ4n) is 0.729. The van der Waals surface area contributed by atoms with Gasteiger partial charge in [0.1, 0.15) is 0 Å². The fraction of sp³-hybridized carbons (Fsp3) is 1.00. The summed E-state index contributed by atoms with van der Waals surface area (Å²) in [6, 6.07) is 0. The molecule has 0 aromatic carbocycles. The Hall–Kier alpha value is 0.557. The van der Waals surface area contributed by atoms with E-state index < -0.39 is 0 Å². The third kappa shape index (κ3) is 11.9. The van der Waals surface area contributed by atoms with Crippen molar-refractivity contribution in [2.24, 2.45) is 0 Å². The van der Waals surface area contributed by atoms with Gasteiger partial charge in [0.25, 0.3) is 0 Å². The van der Waals surface area contributed by atoms with E-state index in [-0.39, 0.29) is 18.9 Å². The number of hydrogen-bond acceptors (Lipinski definition) is 0. The second-order valence-corrected chi connectivity index (χ2v) is 2.16. The molecule has 0 spiro atoms. The molecule has 0 bridgehead atoms. The zero-order chi connectivity index (χ0) is 6.24. The predicted molar refractivity (Wildman–Crippen MR) is 37.9 cm³/mol. The van der Waals surface area contributed by atoms with Crippen LogP contribution in [0.5, 0.6) is 0 Å². The summed E-state index contributed by atoms with van der Waals surface area (Å²) in [6.45, 7) is 2.82. The predicted octanol–water partition coefficient (Wildman–Crippen LogP) is 0.0130. The van der Waals surface area contributed by atoms with E-state index in [1.165, 1.54) is 25.7 Å². The van der Waals surface area contributed by atoms with Crippen molar-refractivity contribution in [3.05, 3.63) is 5.73 Å². The Labute approximate surface area is 70.6 Å². The quantitative estimate of drug-likeness (QED) is 0.361. The number of unbranched alkanes of at least 4 members (excludes halogenated alkanes) is 4. The van der Waals surface area contributed by atoms with Gasteiger partial charge in [-0.2, -0.15) is 6.54 Å². The summed E-state index contributed by atoms with van der Waals surface area (Å²) < 4.78 is 0. The zero-order valence-corrected chi connectivity index (χ0v) is 6.74. The molecule has 50 valence electrons. The van der Waals surface area contributed by atoms with Crippen LogP contribution in [0.3, 0.4) is 0 Å². The molecule has 0 unspecified atom stereocenters. The van der Waals surface area contributed by atoms with Gasteiger partial charge in [0.05, 0.1) is 0 Å². The maximum Gasteiger partial charge on any atom is 1.00 e. The third-order valence-corrected chi connectivity index (χ3v) is 1.28. The smallest absolute Gasteiger partial charge is 0.677 e. The molecule has 0 amide bonds. The van der Waals surface area contributed by atoms with Crippen LogP contribution in [0.2, 0.25) is 0 Å². The molecule has 0 saturated carbocycles. The van der Waals surface area contributed by atoms with E-state index in [0.29, 0.717) is 6.54 Å². The monoisotopic (exact) mass is 121 g/mol. The van der Waals surface area contributed by atoms with Crippen molar-refractivity contribution in [1.82, 2.24) is 0 Å². The van der Waals surface area contributed by atoms with Crippen molar-refractivity contribution in [1.29, 1.82) is 0 Å². The minimum absolute atomic E-state index is 0. The van der Waals surface area contributed by atoms with Crippen molar-refractivity contribution >= 4 is 0 Å². The van der Waals surface area contributed by atoms with Gasteiger partial charge >= 0.3 is 18.9 Å². The van der Waals surface area contributed by atoms with Crippen LogP contribution < -0.4 is 18.9 Å². The average Bonchev–Trinajstić information content (AvgIpc) is 1.81. The van der Waals surface area contributed by atoms with Gasteiger partial charge in [-0.05, 0) is 0 Å². The molecule has 0 fully saturated rings. The fourth-order valence-corrected chi connectivity index (χ4v) is 0.729. The molecule has 2 heteroatoms. The standard InChI is InChI=1S/C7H16N.Li/c1-2-3-4-5-6-7-8;/h8H,2-7H2,1H3;/q-1;+1. The zero-order valence-electron chi connectivity index (χ0n) is 6.74. The molecule has 0 aliphatic carbocycles. The van der Waals surface area contributed by atoms with Gasteiger partial charge in [0.2, 0.25) is 0 Å². The second-order valence-electron chi connectivity index (χ2n) is 2.16. The summed E-state index contributed by atoms with van der Waals surface area (Å²) in [7, 11) is 0. The van der Waals surface area contributed by atoms with Gasteiger partial charge < -0.3 is 5.73 Å². The van der Waals surface area contributed by atoms with Crippen molar-refractivity contribution in [3.63, 3.8) is 0 Å². The summed E-state index contributed by atoms with van der Waals surface area (Å²) in [5.74, 6) is 0. The SMILES string of the molecule is CCCCCCC[NH-].[Li+]. The number of rotatable bonds is 5. The first-order valence-electron chi connectivity index (χ1n) is 3.56. The van der Waals surface area contributed by atoms with Gasteiger partial charge in [-0.15, -0.1) is 0 Å². The van der Waals surface area contributed by atoms with E-state index in [1.54, 1.807) is 0 Å². The molecule has 0 aliphatic heterocycles. The van der Waals surface area contributed by atoms with Gasteiger partial charge in [-0.25, -0.2) is 0 Å². The van der Waals surface area contributed by atoms with Crippen molar-refractivity contribution in [2.75, 3.05) is 6.54 Å². The summed E-state index contributed by atoms with van der Waals surface area (Å²) in [6.07, 6.45) is 6.34. The van der Waals surface area contributed by atoms with Crippen molar-refractivity contribution in [2.45, 2.75) is 39.0 Å². The minimum atomic E-state index is 0. The molecule has 0 saturated heterocycles. The van der Waals surface area contributed by atoms with Crippen LogP contribution in [0.1, 0.15) is 39.0 Å². The Morgan fingerprint density at radius 2 is 1.56 bits per heavy atom. The molecule has 1 nitrogen and oxygen atoms in total. The Morgan fingerprint density at radius 1 is 1.00 bits per heavy atom. The number of nitrogens with one attached hydrogen (secondary N) is 1. The van der Waals surface area contributed by atoms with Gasteiger partial charge in [-0.3, -0.25) is 0 Å². The van der Waals surface area contributed by atoms with Gasteiger partial charge in [0, 0.05) is 0 Å². The van der Waals surface area contributed by atoms with E-state index in [1.807, 2.05) is 0 Å². The van der Waals surface area contributed by atoms with Crippen LogP contribution >= 0.6 is 0 Å². The van der Waals surface area contributed by atoms with Crippen LogP contribution in [0, 0.1) is 0 Å². The van der Waals surface area contributed by atoms with Gasteiger partial charge in [0.15, 0.2) is 0 Å². The first kappa shape index (κ1) is 12.3. The molecule has 0 atom stereocenters. The van der Waals surface area contributed by atoms with Crippen LogP contribution in [0.15, 0.2) is 0 Å². The molecule has 0 rings (SSSR count). The van der Waals surface area contributed by atoms with E-state index in [9.17, 15) is 0 Å². The molecule has 0 heterocycles. The Kier molecular flexibility index (Phi) is 15.5. The summed E-state index contributed by atoms with van der Waals surface area (Å²) in [5, 5.41) is 0. The second kappa shape index (κ2) is 11.4. The Balaban J connectivity index is 0. The van der Waals surface area contributed by atoms with E-state index in [4.69, 9.17) is 5.73 Å². The van der Waals surface area contributed by atoms with Crippen molar-refractivity contribution < 1.29 is 18.9 Å². The normalized spacial score (nSPS) is 8.67. The van der Waals surface area contributed by atoms with E-state index >= 15 is 0 Å². The summed E-state index contributed by atoms with van der Waals surface area (Å²) in [5.41, 5.74) is 6.84. The molecular weight excluding hydrogens is 105 g/mol. The van der Waals surface area contributed by atoms with Crippen LogP contribution in [0.25, 0.3) is 5.73 Å². The first-order chi connectivity index (χ1) is 3.91. The van der Waals surface area contributed by atoms with Gasteiger partial charge in [-0.1, -0.05) is 39.0 Å². The summed E-state index contributed by atoms with van der Waals surface area (Å²) >= 11 is 0. The molecule has 0 aliphatic rings. The van der Waals surface area contributed by atoms with Crippen LogP contribution in [-0.4, -0.2) is 6.54 Å². The average molecular weight is 121 g/mol. The van der Waals surface area contributed by atoms with Crippen molar-refractivity contribution in [3.8, 4) is 0 Å². The minimum Gasteiger partial charge on any atom is -0.677 e.